The Kier molecular flexibility index (Phi) is 4.54. The molecular formula is C10H19N3O3S2. The standard InChI is InChI=1S/C10H19N3O3S2/c11-10(17)9-1-3-12(4-2-9)18(14,15)13-5-7-16-8-6-13/h9H,1-8H2,(H2,11,17). The van der Waals surface area contributed by atoms with Crippen molar-refractivity contribution in [3.8, 4) is 0 Å². The van der Waals surface area contributed by atoms with Gasteiger partial charge in [0.05, 0.1) is 18.2 Å². The molecule has 8 heteroatoms. The molecular weight excluding hydrogens is 274 g/mol. The van der Waals surface area contributed by atoms with Gasteiger partial charge >= 0.3 is 0 Å². The van der Waals surface area contributed by atoms with Gasteiger partial charge in [0, 0.05) is 32.1 Å². The van der Waals surface area contributed by atoms with E-state index in [0.29, 0.717) is 44.4 Å². The van der Waals surface area contributed by atoms with Gasteiger partial charge in [-0.15, -0.1) is 0 Å². The smallest absolute Gasteiger partial charge is 0.282 e. The SMILES string of the molecule is NC(=S)C1CCN(S(=O)(=O)N2CCOCC2)CC1. The highest BCUT2D eigenvalue weighted by Crippen LogP contribution is 2.22. The lowest BCUT2D eigenvalue weighted by Gasteiger charge is -2.35. The summed E-state index contributed by atoms with van der Waals surface area (Å²) in [5.74, 6) is 0.177. The fourth-order valence-corrected chi connectivity index (χ4v) is 4.16. The van der Waals surface area contributed by atoms with Crippen LogP contribution in [0, 0.1) is 5.92 Å². The Balaban J connectivity index is 1.97. The molecule has 0 radical (unpaired) electrons. The fourth-order valence-electron chi connectivity index (χ4n) is 2.31. The van der Waals surface area contributed by atoms with Crippen LogP contribution in [-0.2, 0) is 14.9 Å². The van der Waals surface area contributed by atoms with Crippen LogP contribution in [0.25, 0.3) is 0 Å². The van der Waals surface area contributed by atoms with Crippen LogP contribution in [0.1, 0.15) is 12.8 Å². The minimum atomic E-state index is -3.33. The molecule has 0 atom stereocenters. The molecule has 2 fully saturated rings. The molecule has 0 aromatic rings. The van der Waals surface area contributed by atoms with Crippen molar-refractivity contribution in [3.63, 3.8) is 0 Å². The van der Waals surface area contributed by atoms with Crippen LogP contribution >= 0.6 is 12.2 Å². The molecule has 0 aromatic heterocycles. The largest absolute Gasteiger partial charge is 0.393 e. The average molecular weight is 293 g/mol. The Hall–Kier alpha value is -0.280. The third-order valence-corrected chi connectivity index (χ3v) is 5.85. The topological polar surface area (TPSA) is 75.9 Å². The van der Waals surface area contributed by atoms with Gasteiger partial charge in [-0.1, -0.05) is 12.2 Å². The highest BCUT2D eigenvalue weighted by Gasteiger charge is 2.34. The van der Waals surface area contributed by atoms with Crippen LogP contribution in [-0.4, -0.2) is 61.4 Å². The van der Waals surface area contributed by atoms with Crippen molar-refractivity contribution in [3.05, 3.63) is 0 Å². The van der Waals surface area contributed by atoms with Gasteiger partial charge < -0.3 is 10.5 Å². The van der Waals surface area contributed by atoms with Crippen LogP contribution in [0.3, 0.4) is 0 Å². The van der Waals surface area contributed by atoms with E-state index in [4.69, 9.17) is 22.7 Å². The van der Waals surface area contributed by atoms with E-state index < -0.39 is 10.2 Å². The first kappa shape index (κ1) is 14.1. The van der Waals surface area contributed by atoms with E-state index in [1.165, 1.54) is 8.61 Å². The highest BCUT2D eigenvalue weighted by molar-refractivity contribution is 7.86. The summed E-state index contributed by atoms with van der Waals surface area (Å²) in [5.41, 5.74) is 5.60. The number of thiocarbonyl (C=S) groups is 1. The quantitative estimate of drug-likeness (QED) is 0.714. The number of nitrogens with zero attached hydrogens (tertiary/aromatic N) is 2. The van der Waals surface area contributed by atoms with Crippen LogP contribution in [0.2, 0.25) is 0 Å². The lowest BCUT2D eigenvalue weighted by Crippen LogP contribution is -2.51. The van der Waals surface area contributed by atoms with Crippen LogP contribution in [0.15, 0.2) is 0 Å². The fraction of sp³-hybridized carbons (Fsp3) is 0.900. The summed E-state index contributed by atoms with van der Waals surface area (Å²) in [6.45, 7) is 2.84. The molecule has 2 aliphatic heterocycles. The second-order valence-electron chi connectivity index (χ2n) is 4.59. The maximum absolute atomic E-state index is 12.3. The minimum absolute atomic E-state index is 0.177. The van der Waals surface area contributed by atoms with Crippen molar-refractivity contribution in [2.24, 2.45) is 11.7 Å². The van der Waals surface area contributed by atoms with Gasteiger partial charge in [0.2, 0.25) is 0 Å². The number of ether oxygens (including phenoxy) is 1. The Morgan fingerprint density at radius 2 is 1.61 bits per heavy atom. The van der Waals surface area contributed by atoms with Gasteiger partial charge in [-0.2, -0.15) is 17.0 Å². The van der Waals surface area contributed by atoms with E-state index in [0.717, 1.165) is 12.8 Å². The number of piperidine rings is 1. The van der Waals surface area contributed by atoms with Crippen LogP contribution < -0.4 is 5.73 Å². The van der Waals surface area contributed by atoms with E-state index in [1.807, 2.05) is 0 Å². The average Bonchev–Trinajstić information content (AvgIpc) is 2.40. The summed E-state index contributed by atoms with van der Waals surface area (Å²) < 4.78 is 32.9. The lowest BCUT2D eigenvalue weighted by atomic mass is 9.98. The van der Waals surface area contributed by atoms with Crippen molar-refractivity contribution >= 4 is 27.4 Å². The summed E-state index contributed by atoms with van der Waals surface area (Å²) in [5, 5.41) is 0. The molecule has 2 N–H and O–H groups in total. The Morgan fingerprint density at radius 1 is 1.11 bits per heavy atom. The molecule has 104 valence electrons. The van der Waals surface area contributed by atoms with Gasteiger partial charge in [0.1, 0.15) is 0 Å². The summed E-state index contributed by atoms with van der Waals surface area (Å²) in [7, 11) is -3.33. The Morgan fingerprint density at radius 3 is 2.11 bits per heavy atom. The lowest BCUT2D eigenvalue weighted by molar-refractivity contribution is 0.0696. The van der Waals surface area contributed by atoms with E-state index in [-0.39, 0.29) is 5.92 Å². The highest BCUT2D eigenvalue weighted by atomic mass is 32.2. The predicted molar refractivity (Wildman–Crippen MR) is 72.4 cm³/mol. The number of hydrogen-bond donors (Lipinski definition) is 1. The molecule has 0 aromatic carbocycles. The zero-order valence-corrected chi connectivity index (χ0v) is 11.9. The molecule has 0 saturated carbocycles. The molecule has 0 spiro atoms. The number of nitrogens with two attached hydrogens (primary N) is 1. The van der Waals surface area contributed by atoms with Crippen molar-refractivity contribution in [2.45, 2.75) is 12.8 Å². The van der Waals surface area contributed by atoms with Gasteiger partial charge in [-0.25, -0.2) is 0 Å². The van der Waals surface area contributed by atoms with E-state index >= 15 is 0 Å². The Bertz CT molecular complexity index is 399. The zero-order valence-electron chi connectivity index (χ0n) is 10.2. The third kappa shape index (κ3) is 3.00. The third-order valence-electron chi connectivity index (χ3n) is 3.48. The Labute approximate surface area is 113 Å². The van der Waals surface area contributed by atoms with Gasteiger partial charge in [-0.3, -0.25) is 0 Å². The minimum Gasteiger partial charge on any atom is -0.393 e. The normalized spacial score (nSPS) is 25.1. The van der Waals surface area contributed by atoms with Gasteiger partial charge in [-0.05, 0) is 12.8 Å². The van der Waals surface area contributed by atoms with Crippen molar-refractivity contribution < 1.29 is 13.2 Å². The van der Waals surface area contributed by atoms with Gasteiger partial charge in [0.15, 0.2) is 0 Å². The molecule has 6 nitrogen and oxygen atoms in total. The molecule has 0 aliphatic carbocycles. The molecule has 2 aliphatic rings. The molecule has 0 unspecified atom stereocenters. The molecule has 18 heavy (non-hydrogen) atoms. The molecule has 2 rings (SSSR count). The second-order valence-corrected chi connectivity index (χ2v) is 6.99. The summed E-state index contributed by atoms with van der Waals surface area (Å²) in [6.07, 6.45) is 1.44. The summed E-state index contributed by atoms with van der Waals surface area (Å²) in [4.78, 5) is 0.499. The predicted octanol–water partition coefficient (Wildman–Crippen LogP) is -0.438. The molecule has 0 amide bonds. The first-order valence-corrected chi connectivity index (χ1v) is 7.94. The van der Waals surface area contributed by atoms with E-state index in [1.54, 1.807) is 0 Å². The zero-order chi connectivity index (χ0) is 13.2. The van der Waals surface area contributed by atoms with Crippen LogP contribution in [0.5, 0.6) is 0 Å². The maximum atomic E-state index is 12.3. The second kappa shape index (κ2) is 5.79. The molecule has 2 saturated heterocycles. The van der Waals surface area contributed by atoms with Crippen molar-refractivity contribution in [2.75, 3.05) is 39.4 Å². The van der Waals surface area contributed by atoms with E-state index in [2.05, 4.69) is 0 Å². The maximum Gasteiger partial charge on any atom is 0.282 e. The number of morpholine rings is 1. The number of hydrogen-bond acceptors (Lipinski definition) is 4. The van der Waals surface area contributed by atoms with Crippen LogP contribution in [0.4, 0.5) is 0 Å². The molecule has 2 heterocycles. The first-order chi connectivity index (χ1) is 8.51. The molecule has 0 bridgehead atoms. The van der Waals surface area contributed by atoms with Crippen molar-refractivity contribution in [1.82, 2.24) is 8.61 Å². The van der Waals surface area contributed by atoms with E-state index in [9.17, 15) is 8.42 Å². The monoisotopic (exact) mass is 293 g/mol. The van der Waals surface area contributed by atoms with Gasteiger partial charge in [0.25, 0.3) is 10.2 Å². The number of rotatable bonds is 3. The summed E-state index contributed by atoms with van der Waals surface area (Å²) >= 11 is 4.96. The van der Waals surface area contributed by atoms with Crippen molar-refractivity contribution in [1.29, 1.82) is 0 Å². The summed E-state index contributed by atoms with van der Waals surface area (Å²) in [6, 6.07) is 0. The first-order valence-electron chi connectivity index (χ1n) is 6.14.